The monoisotopic (exact) mass is 350 g/mol. The summed E-state index contributed by atoms with van der Waals surface area (Å²) in [5.74, 6) is 0. The highest BCUT2D eigenvalue weighted by Gasteiger charge is 2.24. The van der Waals surface area contributed by atoms with Crippen molar-refractivity contribution in [1.29, 1.82) is 0 Å². The summed E-state index contributed by atoms with van der Waals surface area (Å²) in [6.07, 6.45) is -0.543. The summed E-state index contributed by atoms with van der Waals surface area (Å²) in [6.45, 7) is 2.10. The molecule has 0 saturated heterocycles. The van der Waals surface area contributed by atoms with E-state index in [1.165, 1.54) is 7.05 Å². The zero-order valence-corrected chi connectivity index (χ0v) is 14.6. The van der Waals surface area contributed by atoms with Crippen LogP contribution in [0.3, 0.4) is 0 Å². The number of amides is 1. The van der Waals surface area contributed by atoms with Crippen LogP contribution in [-0.2, 0) is 25.0 Å². The van der Waals surface area contributed by atoms with Gasteiger partial charge in [-0.1, -0.05) is 12.1 Å². The van der Waals surface area contributed by atoms with Crippen LogP contribution in [-0.4, -0.2) is 26.4 Å². The first-order valence-corrected chi connectivity index (χ1v) is 9.75. The molecule has 0 spiro atoms. The van der Waals surface area contributed by atoms with Gasteiger partial charge in [0.15, 0.2) is 12.2 Å². The molecule has 2 N–H and O–H groups in total. The van der Waals surface area contributed by atoms with E-state index >= 15 is 0 Å². The lowest BCUT2D eigenvalue weighted by Gasteiger charge is -2.23. The van der Waals surface area contributed by atoms with Crippen LogP contribution in [0.2, 0.25) is 0 Å². The summed E-state index contributed by atoms with van der Waals surface area (Å²) < 4.78 is 19.1. The third-order valence-electron chi connectivity index (χ3n) is 2.27. The van der Waals surface area contributed by atoms with E-state index in [0.717, 1.165) is 17.5 Å². The molecule has 0 fully saturated rings. The molecule has 9 heteroatoms. The van der Waals surface area contributed by atoms with Gasteiger partial charge in [-0.3, -0.25) is 4.72 Å². The van der Waals surface area contributed by atoms with Crippen molar-refractivity contribution < 1.29 is 18.0 Å². The second-order valence-corrected chi connectivity index (χ2v) is 7.63. The van der Waals surface area contributed by atoms with Crippen LogP contribution in [0.1, 0.15) is 13.8 Å². The molecular weight excluding hydrogens is 331 g/mol. The molecule has 0 heterocycles. The largest absolute Gasteiger partial charge is 0.420 e. The maximum atomic E-state index is 11.0. The Bertz CT molecular complexity index is 506. The first kappa shape index (κ1) is 18.3. The van der Waals surface area contributed by atoms with Crippen molar-refractivity contribution in [2.45, 2.75) is 13.8 Å². The molecule has 0 unspecified atom stereocenters. The van der Waals surface area contributed by atoms with E-state index in [0.29, 0.717) is 18.9 Å². The third kappa shape index (κ3) is 5.48. The van der Waals surface area contributed by atoms with Gasteiger partial charge in [0, 0.05) is 7.05 Å². The molecule has 0 aliphatic carbocycles. The van der Waals surface area contributed by atoms with Crippen LogP contribution in [0, 0.1) is 0 Å². The van der Waals surface area contributed by atoms with Crippen molar-refractivity contribution in [2.75, 3.05) is 25.0 Å². The maximum absolute atomic E-state index is 11.0. The Hall–Kier alpha value is -0.790. The molecule has 21 heavy (non-hydrogen) atoms. The van der Waals surface area contributed by atoms with Crippen molar-refractivity contribution in [3.05, 3.63) is 24.3 Å². The summed E-state index contributed by atoms with van der Waals surface area (Å²) in [5.41, 5.74) is 0.705. The second-order valence-electron chi connectivity index (χ2n) is 3.66. The first-order chi connectivity index (χ1) is 10.1. The summed E-state index contributed by atoms with van der Waals surface area (Å²) in [7, 11) is 1.49. The predicted octanol–water partition coefficient (Wildman–Crippen LogP) is 3.03. The van der Waals surface area contributed by atoms with Crippen molar-refractivity contribution in [3.8, 4) is 0 Å². The van der Waals surface area contributed by atoms with Crippen LogP contribution in [0.25, 0.3) is 0 Å². The summed E-state index contributed by atoms with van der Waals surface area (Å²) in [4.78, 5) is 11.0. The Kier molecular flexibility index (Phi) is 8.06. The van der Waals surface area contributed by atoms with E-state index in [1.807, 2.05) is 38.1 Å². The lowest BCUT2D eigenvalue weighted by atomic mass is 10.3. The van der Waals surface area contributed by atoms with Crippen molar-refractivity contribution in [1.82, 2.24) is 5.32 Å². The molecule has 1 rings (SSSR count). The topological polar surface area (TPSA) is 68.8 Å². The average Bonchev–Trinajstić information content (AvgIpc) is 2.48. The Labute approximate surface area is 134 Å². The number of hydrogen-bond donors (Lipinski definition) is 2. The van der Waals surface area contributed by atoms with Gasteiger partial charge in [-0.15, -0.1) is 0 Å². The quantitative estimate of drug-likeness (QED) is 0.424. The Balaban J connectivity index is 2.91. The number of anilines is 1. The fourth-order valence-electron chi connectivity index (χ4n) is 1.46. The lowest BCUT2D eigenvalue weighted by Crippen LogP contribution is -2.18. The molecule has 0 aromatic heterocycles. The summed E-state index contributed by atoms with van der Waals surface area (Å²) >= 11 is 6.38. The predicted molar refractivity (Wildman–Crippen MR) is 90.4 cm³/mol. The zero-order chi connectivity index (χ0) is 15.7. The summed E-state index contributed by atoms with van der Waals surface area (Å²) in [6, 6.07) is 7.40. The van der Waals surface area contributed by atoms with E-state index in [9.17, 15) is 4.79 Å². The van der Waals surface area contributed by atoms with Crippen LogP contribution >= 0.6 is 18.7 Å². The number of rotatable bonds is 8. The molecule has 0 bridgehead atoms. The van der Waals surface area contributed by atoms with Gasteiger partial charge in [0.25, 0.3) is 0 Å². The number of hydrogen-bond acceptors (Lipinski definition) is 7. The van der Waals surface area contributed by atoms with Gasteiger partial charge >= 0.3 is 6.09 Å². The van der Waals surface area contributed by atoms with E-state index < -0.39 is 12.6 Å². The standard InChI is InChI=1S/C12H19N2O4PS2/c1-4-16-19(20,17-5-2)11-9-7-6-8-10(11)14-21-18-12(15)13-3/h6-9,14H,4-5H2,1-3H3,(H,13,15). The molecule has 6 nitrogen and oxygen atoms in total. The van der Waals surface area contributed by atoms with Crippen LogP contribution in [0.5, 0.6) is 0 Å². The third-order valence-corrected chi connectivity index (χ3v) is 6.21. The molecule has 0 atom stereocenters. The van der Waals surface area contributed by atoms with Gasteiger partial charge in [0.1, 0.15) is 0 Å². The normalized spacial score (nSPS) is 11.0. The van der Waals surface area contributed by atoms with E-state index in [4.69, 9.17) is 25.0 Å². The molecule has 0 aliphatic rings. The molecular formula is C12H19N2O4PS2. The highest BCUT2D eigenvalue weighted by Crippen LogP contribution is 2.49. The molecule has 0 saturated carbocycles. The Morgan fingerprint density at radius 2 is 1.90 bits per heavy atom. The first-order valence-electron chi connectivity index (χ1n) is 6.37. The lowest BCUT2D eigenvalue weighted by molar-refractivity contribution is 0.211. The minimum absolute atomic E-state index is 0.466. The second kappa shape index (κ2) is 9.27. The molecule has 0 radical (unpaired) electrons. The number of carbonyl (C=O) groups is 1. The molecule has 0 aliphatic heterocycles. The Morgan fingerprint density at radius 3 is 2.48 bits per heavy atom. The van der Waals surface area contributed by atoms with Gasteiger partial charge in [0.2, 0.25) is 6.49 Å². The van der Waals surface area contributed by atoms with E-state index in [2.05, 4.69) is 10.0 Å². The average molecular weight is 350 g/mol. The van der Waals surface area contributed by atoms with Crippen LogP contribution in [0.15, 0.2) is 24.3 Å². The molecule has 1 aromatic rings. The number of benzene rings is 1. The number of nitrogens with one attached hydrogen (secondary N) is 2. The fourth-order valence-corrected chi connectivity index (χ4v) is 4.84. The molecule has 1 aromatic carbocycles. The highest BCUT2D eigenvalue weighted by molar-refractivity contribution is 8.13. The van der Waals surface area contributed by atoms with Crippen LogP contribution in [0.4, 0.5) is 10.5 Å². The van der Waals surface area contributed by atoms with Crippen molar-refractivity contribution in [3.63, 3.8) is 0 Å². The number of carbonyl (C=O) groups excluding carboxylic acids is 1. The number of para-hydroxylation sites is 1. The minimum Gasteiger partial charge on any atom is -0.353 e. The minimum atomic E-state index is -2.58. The molecule has 1 amide bonds. The van der Waals surface area contributed by atoms with Crippen molar-refractivity contribution in [2.24, 2.45) is 0 Å². The van der Waals surface area contributed by atoms with E-state index in [1.54, 1.807) is 0 Å². The highest BCUT2D eigenvalue weighted by atomic mass is 32.5. The van der Waals surface area contributed by atoms with Crippen LogP contribution < -0.4 is 15.3 Å². The maximum Gasteiger partial charge on any atom is 0.420 e. The zero-order valence-electron chi connectivity index (χ0n) is 12.1. The van der Waals surface area contributed by atoms with Gasteiger partial charge in [-0.25, -0.2) is 4.79 Å². The fraction of sp³-hybridized carbons (Fsp3) is 0.417. The van der Waals surface area contributed by atoms with Gasteiger partial charge in [0.05, 0.1) is 24.2 Å². The van der Waals surface area contributed by atoms with Gasteiger partial charge in [-0.2, -0.15) is 0 Å². The van der Waals surface area contributed by atoms with Crippen molar-refractivity contribution >= 4 is 47.6 Å². The van der Waals surface area contributed by atoms with Gasteiger partial charge in [-0.05, 0) is 37.8 Å². The summed E-state index contributed by atoms with van der Waals surface area (Å²) in [5, 5.41) is 3.11. The smallest absolute Gasteiger partial charge is 0.353 e. The van der Waals surface area contributed by atoms with E-state index in [-0.39, 0.29) is 0 Å². The molecule has 118 valence electrons. The van der Waals surface area contributed by atoms with Gasteiger partial charge < -0.3 is 18.5 Å². The Morgan fingerprint density at radius 1 is 1.29 bits per heavy atom. The SMILES string of the molecule is CCOP(=S)(OCC)c1ccccc1NSOC(=O)NC.